The van der Waals surface area contributed by atoms with Gasteiger partial charge in [-0.15, -0.1) is 11.8 Å². The first-order chi connectivity index (χ1) is 21.0. The molecule has 0 spiro atoms. The summed E-state index contributed by atoms with van der Waals surface area (Å²) in [6.07, 6.45) is 11.0. The van der Waals surface area contributed by atoms with Gasteiger partial charge in [0.25, 0.3) is 0 Å². The summed E-state index contributed by atoms with van der Waals surface area (Å²) >= 11 is 3.10. The maximum Gasteiger partial charge on any atom is 0.246 e. The van der Waals surface area contributed by atoms with Gasteiger partial charge in [0.05, 0.1) is 28.5 Å². The lowest BCUT2D eigenvalue weighted by Gasteiger charge is -2.37. The highest BCUT2D eigenvalue weighted by molar-refractivity contribution is 8.00. The number of oxazole rings is 1. The minimum atomic E-state index is -0.0618. The van der Waals surface area contributed by atoms with Crippen molar-refractivity contribution in [3.05, 3.63) is 24.0 Å². The predicted octanol–water partition coefficient (Wildman–Crippen LogP) is 6.75. The largest absolute Gasteiger partial charge is 0.444 e. The van der Waals surface area contributed by atoms with Crippen molar-refractivity contribution in [2.45, 2.75) is 108 Å². The third-order valence-electron chi connectivity index (χ3n) is 8.92. The van der Waals surface area contributed by atoms with E-state index in [9.17, 15) is 9.59 Å². The molecule has 2 aromatic heterocycles. The number of unbranched alkanes of at least 4 members (excludes halogenated alkanes) is 1. The van der Waals surface area contributed by atoms with E-state index in [0.717, 1.165) is 61.7 Å². The Hall–Kier alpha value is -1.95. The Kier molecular flexibility index (Phi) is 13.1. The fourth-order valence-corrected chi connectivity index (χ4v) is 7.82. The van der Waals surface area contributed by atoms with Crippen LogP contribution in [-0.4, -0.2) is 65.6 Å². The summed E-state index contributed by atoms with van der Waals surface area (Å²) < 4.78 is 13.0. The Balaban J connectivity index is 1.05. The zero-order valence-electron chi connectivity index (χ0n) is 27.5. The lowest BCUT2D eigenvalue weighted by atomic mass is 9.75. The number of thioether (sulfide) groups is 1. The van der Waals surface area contributed by atoms with Crippen LogP contribution in [0.4, 0.5) is 5.13 Å². The van der Waals surface area contributed by atoms with Crippen LogP contribution in [0.1, 0.15) is 98.1 Å². The molecule has 0 radical (unpaired) electrons. The standard InChI is InChI=1S/C33H53N5O4S2/c1-22(2)25-10-9-23(3)17-26(25)41-20-28(39)34-13-7-8-14-38-15-11-24(12-16-38)31(40)37-32-36-19-30(44-32)43-21-29-35-18-27(42-29)33(4,5)6/h18-19,22-26H,7-17,20-21H2,1-6H3,(H,34,39)(H,36,37,40)/t23-,25+,26-/m1/s1. The smallest absolute Gasteiger partial charge is 0.246 e. The average Bonchev–Trinajstić information content (AvgIpc) is 3.65. The van der Waals surface area contributed by atoms with Crippen molar-refractivity contribution in [2.75, 3.05) is 38.1 Å². The number of rotatable bonds is 14. The van der Waals surface area contributed by atoms with E-state index in [-0.39, 0.29) is 35.9 Å². The van der Waals surface area contributed by atoms with E-state index in [4.69, 9.17) is 9.15 Å². The maximum absolute atomic E-state index is 12.9. The zero-order valence-corrected chi connectivity index (χ0v) is 29.2. The highest BCUT2D eigenvalue weighted by Crippen LogP contribution is 2.35. The van der Waals surface area contributed by atoms with Crippen LogP contribution < -0.4 is 10.6 Å². The normalized spacial score (nSPS) is 21.9. The predicted molar refractivity (Wildman–Crippen MR) is 178 cm³/mol. The van der Waals surface area contributed by atoms with Gasteiger partial charge in [-0.1, -0.05) is 59.3 Å². The van der Waals surface area contributed by atoms with Crippen LogP contribution in [-0.2, 0) is 25.5 Å². The van der Waals surface area contributed by atoms with Crippen molar-refractivity contribution >= 4 is 40.0 Å². The van der Waals surface area contributed by atoms with Crippen LogP contribution in [0.15, 0.2) is 21.0 Å². The first-order valence-electron chi connectivity index (χ1n) is 16.4. The molecule has 3 atom stereocenters. The number of anilines is 1. The van der Waals surface area contributed by atoms with Crippen molar-refractivity contribution in [2.24, 2.45) is 23.7 Å². The molecule has 4 rings (SSSR count). The lowest BCUT2D eigenvalue weighted by molar-refractivity contribution is -0.131. The fourth-order valence-electron chi connectivity index (χ4n) is 6.09. The van der Waals surface area contributed by atoms with Gasteiger partial charge >= 0.3 is 0 Å². The molecule has 44 heavy (non-hydrogen) atoms. The van der Waals surface area contributed by atoms with Gasteiger partial charge in [-0.05, 0) is 75.9 Å². The summed E-state index contributed by atoms with van der Waals surface area (Å²) in [7, 11) is 0. The van der Waals surface area contributed by atoms with Crippen LogP contribution in [0.3, 0.4) is 0 Å². The molecule has 2 aromatic rings. The molecule has 9 nitrogen and oxygen atoms in total. The van der Waals surface area contributed by atoms with Crippen LogP contribution in [0.2, 0.25) is 0 Å². The zero-order chi connectivity index (χ0) is 31.7. The molecule has 2 aliphatic rings. The monoisotopic (exact) mass is 647 g/mol. The molecular formula is C33H53N5O4S2. The second-order valence-electron chi connectivity index (χ2n) is 14.0. The van der Waals surface area contributed by atoms with Crippen LogP contribution >= 0.6 is 23.1 Å². The number of carbonyl (C=O) groups excluding carboxylic acids is 2. The Labute approximate surface area is 272 Å². The molecule has 2 N–H and O–H groups in total. The molecule has 2 amide bonds. The molecule has 0 unspecified atom stereocenters. The topological polar surface area (TPSA) is 110 Å². The third kappa shape index (κ3) is 10.8. The lowest BCUT2D eigenvalue weighted by Crippen LogP contribution is -2.39. The molecule has 2 fully saturated rings. The molecule has 11 heteroatoms. The van der Waals surface area contributed by atoms with Gasteiger partial charge in [0.1, 0.15) is 12.4 Å². The molecule has 1 aliphatic heterocycles. The fraction of sp³-hybridized carbons (Fsp3) is 0.758. The number of nitrogens with one attached hydrogen (secondary N) is 2. The van der Waals surface area contributed by atoms with E-state index >= 15 is 0 Å². The number of likely N-dealkylation sites (tertiary alicyclic amines) is 1. The number of carbonyl (C=O) groups is 2. The number of thiazole rings is 1. The molecule has 3 heterocycles. The van der Waals surface area contributed by atoms with Crippen molar-refractivity contribution in [1.29, 1.82) is 0 Å². The van der Waals surface area contributed by atoms with Gasteiger partial charge in [0.2, 0.25) is 17.7 Å². The van der Waals surface area contributed by atoms with Crippen molar-refractivity contribution in [3.63, 3.8) is 0 Å². The number of hydrogen-bond acceptors (Lipinski definition) is 9. The number of aromatic nitrogens is 2. The molecule has 0 bridgehead atoms. The van der Waals surface area contributed by atoms with Gasteiger partial charge in [-0.3, -0.25) is 9.59 Å². The number of ether oxygens (including phenoxy) is 1. The molecule has 246 valence electrons. The molecule has 1 saturated carbocycles. The van der Waals surface area contributed by atoms with E-state index < -0.39 is 0 Å². The van der Waals surface area contributed by atoms with Gasteiger partial charge in [0.15, 0.2) is 5.13 Å². The molecule has 1 saturated heterocycles. The Morgan fingerprint density at radius 1 is 1.14 bits per heavy atom. The highest BCUT2D eigenvalue weighted by atomic mass is 32.2. The first kappa shape index (κ1) is 34.9. The van der Waals surface area contributed by atoms with Crippen molar-refractivity contribution in [3.8, 4) is 0 Å². The summed E-state index contributed by atoms with van der Waals surface area (Å²) in [5.41, 5.74) is -0.0618. The van der Waals surface area contributed by atoms with Crippen molar-refractivity contribution in [1.82, 2.24) is 20.2 Å². The molecule has 1 aliphatic carbocycles. The third-order valence-corrected chi connectivity index (χ3v) is 11.0. The van der Waals surface area contributed by atoms with E-state index in [0.29, 0.717) is 41.1 Å². The van der Waals surface area contributed by atoms with E-state index in [1.54, 1.807) is 24.2 Å². The Morgan fingerprint density at radius 2 is 1.91 bits per heavy atom. The van der Waals surface area contributed by atoms with E-state index in [2.05, 4.69) is 67.0 Å². The van der Waals surface area contributed by atoms with Crippen LogP contribution in [0.25, 0.3) is 0 Å². The van der Waals surface area contributed by atoms with Gasteiger partial charge in [-0.25, -0.2) is 9.97 Å². The van der Waals surface area contributed by atoms with Gasteiger partial charge in [0, 0.05) is 17.9 Å². The van der Waals surface area contributed by atoms with Crippen LogP contribution in [0, 0.1) is 23.7 Å². The molecule has 0 aromatic carbocycles. The SMILES string of the molecule is CC(C)[C@@H]1CC[C@@H](C)C[C@H]1OCC(=O)NCCCCN1CCC(C(=O)Nc2ncc(SCc3ncc(C(C)(C)C)o3)s2)CC1. The Morgan fingerprint density at radius 3 is 2.61 bits per heavy atom. The summed E-state index contributed by atoms with van der Waals surface area (Å²) in [6, 6.07) is 0. The average molecular weight is 648 g/mol. The minimum absolute atomic E-state index is 0.00674. The summed E-state index contributed by atoms with van der Waals surface area (Å²) in [5.74, 6) is 4.09. The number of nitrogens with zero attached hydrogens (tertiary/aromatic N) is 3. The quantitative estimate of drug-likeness (QED) is 0.171. The van der Waals surface area contributed by atoms with E-state index in [1.807, 2.05) is 0 Å². The number of amides is 2. The van der Waals surface area contributed by atoms with Gasteiger partial charge < -0.3 is 24.7 Å². The summed E-state index contributed by atoms with van der Waals surface area (Å²) in [6.45, 7) is 16.8. The van der Waals surface area contributed by atoms with Gasteiger partial charge in [-0.2, -0.15) is 0 Å². The summed E-state index contributed by atoms with van der Waals surface area (Å²) in [5, 5.41) is 6.70. The minimum Gasteiger partial charge on any atom is -0.444 e. The van der Waals surface area contributed by atoms with Crippen LogP contribution in [0.5, 0.6) is 0 Å². The Bertz CT molecular complexity index is 1180. The number of hydrogen-bond donors (Lipinski definition) is 2. The summed E-state index contributed by atoms with van der Waals surface area (Å²) in [4.78, 5) is 36.5. The van der Waals surface area contributed by atoms with E-state index in [1.165, 1.54) is 24.2 Å². The molecular weight excluding hydrogens is 595 g/mol. The highest BCUT2D eigenvalue weighted by Gasteiger charge is 2.32. The maximum atomic E-state index is 12.9. The second-order valence-corrected chi connectivity index (χ2v) is 16.3. The number of piperidine rings is 1. The second kappa shape index (κ2) is 16.6. The first-order valence-corrected chi connectivity index (χ1v) is 18.2. The van der Waals surface area contributed by atoms with Crippen molar-refractivity contribution < 1.29 is 18.7 Å².